The number of hydrazine groups is 1. The number of nitrogens with zero attached hydrogens (tertiary/aromatic N) is 1. The fraction of sp³-hybridized carbons (Fsp3) is 0.391. The van der Waals surface area contributed by atoms with Crippen molar-refractivity contribution in [2.24, 2.45) is 5.84 Å². The maximum Gasteiger partial charge on any atom is 0.335 e. The maximum absolute atomic E-state index is 13.3. The number of aromatic nitrogens is 1. The van der Waals surface area contributed by atoms with Gasteiger partial charge in [0, 0.05) is 17.6 Å². The fourth-order valence-electron chi connectivity index (χ4n) is 8.03. The van der Waals surface area contributed by atoms with Gasteiger partial charge < -0.3 is 14.4 Å². The van der Waals surface area contributed by atoms with Crippen molar-refractivity contribution in [3.63, 3.8) is 0 Å². The number of unbranched alkanes of at least 4 members (excludes halogenated alkanes) is 4. The molecule has 1 aliphatic carbocycles. The molecule has 1 heterocycles. The summed E-state index contributed by atoms with van der Waals surface area (Å²) in [7, 11) is 0. The molecule has 6 rings (SSSR count). The number of hydrogen-bond donors (Lipinski definition) is 3. The van der Waals surface area contributed by atoms with Crippen LogP contribution in [0.1, 0.15) is 114 Å². The molecule has 0 saturated heterocycles. The summed E-state index contributed by atoms with van der Waals surface area (Å²) >= 11 is 0. The number of carbonyl (C=O) groups is 2. The predicted molar refractivity (Wildman–Crippen MR) is 214 cm³/mol. The molecule has 0 fully saturated rings. The van der Waals surface area contributed by atoms with E-state index in [1.165, 1.54) is 59.1 Å². The molecular weight excluding hydrogens is 659 g/mol. The molecule has 5 aromatic rings. The second-order valence-electron chi connectivity index (χ2n) is 14.6. The van der Waals surface area contributed by atoms with E-state index in [9.17, 15) is 14.7 Å². The smallest absolute Gasteiger partial charge is 0.335 e. The Morgan fingerprint density at radius 3 is 2.15 bits per heavy atom. The summed E-state index contributed by atoms with van der Waals surface area (Å²) in [6.07, 6.45) is 14.2. The topological polar surface area (TPSA) is 107 Å². The van der Waals surface area contributed by atoms with Gasteiger partial charge in [0.25, 0.3) is 0 Å². The first-order valence-corrected chi connectivity index (χ1v) is 19.7. The monoisotopic (exact) mass is 713 g/mol. The molecule has 4 N–H and O–H groups in total. The quantitative estimate of drug-likeness (QED) is 0.0342. The summed E-state index contributed by atoms with van der Waals surface area (Å²) in [6, 6.07) is 31.3. The van der Waals surface area contributed by atoms with Gasteiger partial charge in [-0.15, -0.1) is 0 Å². The van der Waals surface area contributed by atoms with Crippen LogP contribution in [0.4, 0.5) is 0 Å². The fourth-order valence-corrected chi connectivity index (χ4v) is 8.03. The number of nitrogens with two attached hydrogens (primary N) is 1. The number of carboxylic acid groups (broad SMARTS) is 1. The lowest BCUT2D eigenvalue weighted by Crippen LogP contribution is -2.36. The maximum atomic E-state index is 13.3. The van der Waals surface area contributed by atoms with Gasteiger partial charge in [0.15, 0.2) is 0 Å². The number of carbonyl (C=O) groups excluding carboxylic acids is 1. The Kier molecular flexibility index (Phi) is 13.4. The Bertz CT molecular complexity index is 1950. The van der Waals surface area contributed by atoms with Gasteiger partial charge in [0.05, 0.1) is 23.6 Å². The third kappa shape index (κ3) is 9.76. The zero-order chi connectivity index (χ0) is 37.0. The highest BCUT2D eigenvalue weighted by molar-refractivity contribution is 5.96. The summed E-state index contributed by atoms with van der Waals surface area (Å²) in [5.74, 6) is 5.27. The number of benzene rings is 4. The van der Waals surface area contributed by atoms with Crippen molar-refractivity contribution in [1.29, 1.82) is 0 Å². The first-order chi connectivity index (χ1) is 25.9. The van der Waals surface area contributed by atoms with Gasteiger partial charge in [-0.3, -0.25) is 10.2 Å². The van der Waals surface area contributed by atoms with Gasteiger partial charge >= 0.3 is 5.97 Å². The predicted octanol–water partition coefficient (Wildman–Crippen LogP) is 9.30. The van der Waals surface area contributed by atoms with Gasteiger partial charge in [-0.1, -0.05) is 99.3 Å². The van der Waals surface area contributed by atoms with Crippen molar-refractivity contribution in [1.82, 2.24) is 9.99 Å². The number of fused-ring (bicyclic) bond motifs is 3. The molecule has 0 radical (unpaired) electrons. The lowest BCUT2D eigenvalue weighted by Gasteiger charge is -2.23. The van der Waals surface area contributed by atoms with E-state index in [4.69, 9.17) is 10.6 Å². The van der Waals surface area contributed by atoms with Gasteiger partial charge in [0.1, 0.15) is 5.75 Å². The van der Waals surface area contributed by atoms with E-state index in [1.54, 1.807) is 12.1 Å². The number of amides is 1. The molecule has 0 saturated carbocycles. The number of aryl methyl sites for hydroxylation is 6. The minimum Gasteiger partial charge on any atom is -0.494 e. The molecule has 0 bridgehead atoms. The average molecular weight is 714 g/mol. The molecule has 1 aliphatic rings. The molecule has 7 heteroatoms. The molecule has 0 aliphatic heterocycles. The van der Waals surface area contributed by atoms with Crippen molar-refractivity contribution in [2.75, 3.05) is 6.61 Å². The Hall–Kier alpha value is -4.88. The molecule has 1 amide bonds. The first kappa shape index (κ1) is 37.9. The van der Waals surface area contributed by atoms with Crippen molar-refractivity contribution in [3.8, 4) is 5.75 Å². The van der Waals surface area contributed by atoms with Crippen LogP contribution in [0.3, 0.4) is 0 Å². The second kappa shape index (κ2) is 18.7. The zero-order valence-corrected chi connectivity index (χ0v) is 31.2. The third-order valence-corrected chi connectivity index (χ3v) is 10.9. The molecule has 0 spiro atoms. The highest BCUT2D eigenvalue weighted by Crippen LogP contribution is 2.42. The van der Waals surface area contributed by atoms with Crippen LogP contribution >= 0.6 is 0 Å². The Labute approximate surface area is 314 Å². The van der Waals surface area contributed by atoms with E-state index in [2.05, 4.69) is 83.6 Å². The lowest BCUT2D eigenvalue weighted by molar-refractivity contribution is -0.122. The van der Waals surface area contributed by atoms with Crippen LogP contribution in [-0.2, 0) is 49.9 Å². The molecule has 278 valence electrons. The van der Waals surface area contributed by atoms with Crippen LogP contribution in [0.15, 0.2) is 91.0 Å². The Balaban J connectivity index is 1.26. The third-order valence-electron chi connectivity index (χ3n) is 10.9. The number of carboxylic acids is 1. The molecule has 1 atom stereocenters. The summed E-state index contributed by atoms with van der Waals surface area (Å²) in [5.41, 5.74) is 12.8. The molecule has 7 nitrogen and oxygen atoms in total. The number of aromatic carboxylic acids is 1. The molecule has 4 aromatic carbocycles. The SMILES string of the molecule is CCCCCCCc1cc(OCCCc2ccc(C(=O)O)cc2)cc2c3c(n(CCc4ccc(CCc5ccccc5)cc4)c12)CCCC3C(=O)NN. The number of ether oxygens (including phenoxy) is 1. The van der Waals surface area contributed by atoms with Gasteiger partial charge in [-0.2, -0.15) is 0 Å². The van der Waals surface area contributed by atoms with Crippen LogP contribution < -0.4 is 16.0 Å². The van der Waals surface area contributed by atoms with Crippen LogP contribution in [-0.4, -0.2) is 28.2 Å². The highest BCUT2D eigenvalue weighted by Gasteiger charge is 2.33. The van der Waals surface area contributed by atoms with Crippen molar-refractivity contribution in [2.45, 2.75) is 109 Å². The van der Waals surface area contributed by atoms with Crippen molar-refractivity contribution >= 4 is 22.8 Å². The standard InChI is InChI=1S/C46H55N3O4/c1-2-3-4-5-9-15-38-31-39(53-30-11-14-34-24-26-37(27-25-34)46(51)52)32-41-43-40(45(50)48-47)16-10-17-42(43)49(44(38)41)29-28-36-22-20-35(21-23-36)19-18-33-12-7-6-8-13-33/h6-8,12-13,20-27,31-32,40H,2-5,9-11,14-19,28-30,47H2,1H3,(H,48,50)(H,51,52). The van der Waals surface area contributed by atoms with E-state index >= 15 is 0 Å². The van der Waals surface area contributed by atoms with E-state index in [-0.39, 0.29) is 11.8 Å². The highest BCUT2D eigenvalue weighted by atomic mass is 16.5. The minimum atomic E-state index is -0.914. The van der Waals surface area contributed by atoms with Crippen molar-refractivity contribution < 1.29 is 19.4 Å². The molecule has 1 aromatic heterocycles. The Morgan fingerprint density at radius 1 is 0.792 bits per heavy atom. The van der Waals surface area contributed by atoms with Gasteiger partial charge in [0.2, 0.25) is 5.91 Å². The number of nitrogens with one attached hydrogen (secondary N) is 1. The Morgan fingerprint density at radius 2 is 1.45 bits per heavy atom. The second-order valence-corrected chi connectivity index (χ2v) is 14.6. The normalized spacial score (nSPS) is 13.9. The molecule has 53 heavy (non-hydrogen) atoms. The van der Waals surface area contributed by atoms with Crippen LogP contribution in [0, 0.1) is 0 Å². The van der Waals surface area contributed by atoms with E-state index < -0.39 is 5.97 Å². The molecule has 1 unspecified atom stereocenters. The number of rotatable bonds is 19. The molecular formula is C46H55N3O4. The van der Waals surface area contributed by atoms with E-state index in [1.807, 2.05) is 12.1 Å². The minimum absolute atomic E-state index is 0.127. The van der Waals surface area contributed by atoms with Crippen LogP contribution in [0.25, 0.3) is 10.9 Å². The summed E-state index contributed by atoms with van der Waals surface area (Å²) in [4.78, 5) is 24.5. The van der Waals surface area contributed by atoms with Gasteiger partial charge in [-0.25, -0.2) is 10.6 Å². The lowest BCUT2D eigenvalue weighted by atomic mass is 9.84. The summed E-state index contributed by atoms with van der Waals surface area (Å²) in [6.45, 7) is 3.63. The van der Waals surface area contributed by atoms with Crippen molar-refractivity contribution in [3.05, 3.63) is 136 Å². The van der Waals surface area contributed by atoms with E-state index in [0.717, 1.165) is 93.0 Å². The van der Waals surface area contributed by atoms with Gasteiger partial charge in [-0.05, 0) is 122 Å². The number of hydrogen-bond acceptors (Lipinski definition) is 4. The van der Waals surface area contributed by atoms with Crippen LogP contribution in [0.5, 0.6) is 5.75 Å². The zero-order valence-electron chi connectivity index (χ0n) is 31.2. The summed E-state index contributed by atoms with van der Waals surface area (Å²) in [5, 5.41) is 10.4. The average Bonchev–Trinajstić information content (AvgIpc) is 3.52. The summed E-state index contributed by atoms with van der Waals surface area (Å²) < 4.78 is 8.99. The van der Waals surface area contributed by atoms with E-state index in [0.29, 0.717) is 12.2 Å². The van der Waals surface area contributed by atoms with Crippen LogP contribution in [0.2, 0.25) is 0 Å². The first-order valence-electron chi connectivity index (χ1n) is 19.7. The largest absolute Gasteiger partial charge is 0.494 e.